The molecule has 5 heteroatoms. The van der Waals surface area contributed by atoms with E-state index in [0.717, 1.165) is 41.3 Å². The molecule has 3 aromatic rings. The highest BCUT2D eigenvalue weighted by atomic mass is 16.2. The summed E-state index contributed by atoms with van der Waals surface area (Å²) in [6, 6.07) is 13.2. The maximum Gasteiger partial charge on any atom is 0.240 e. The van der Waals surface area contributed by atoms with Gasteiger partial charge in [-0.05, 0) is 30.9 Å². The molecule has 1 aromatic heterocycles. The third kappa shape index (κ3) is 3.48. The van der Waals surface area contributed by atoms with Crippen molar-refractivity contribution in [3.63, 3.8) is 0 Å². The Morgan fingerprint density at radius 3 is 2.38 bits per heavy atom. The number of para-hydroxylation sites is 1. The lowest BCUT2D eigenvalue weighted by Gasteiger charge is -2.13. The second-order valence-electron chi connectivity index (χ2n) is 8.69. The van der Waals surface area contributed by atoms with E-state index in [1.54, 1.807) is 30.3 Å². The lowest BCUT2D eigenvalue weighted by Crippen LogP contribution is -2.35. The molecule has 1 heterocycles. The van der Waals surface area contributed by atoms with Crippen molar-refractivity contribution in [1.29, 1.82) is 0 Å². The van der Waals surface area contributed by atoms with Crippen LogP contribution in [0.1, 0.15) is 64.4 Å². The number of fused-ring (bicyclic) bond motifs is 2. The van der Waals surface area contributed by atoms with Crippen LogP contribution in [-0.2, 0) is 17.8 Å². The molecule has 1 amide bonds. The van der Waals surface area contributed by atoms with Crippen molar-refractivity contribution in [3.05, 3.63) is 76.5 Å². The van der Waals surface area contributed by atoms with Crippen molar-refractivity contribution in [2.45, 2.75) is 51.6 Å². The zero-order valence-corrected chi connectivity index (χ0v) is 18.2. The quantitative estimate of drug-likeness (QED) is 0.474. The Kier molecular flexibility index (Phi) is 5.25. The first kappa shape index (κ1) is 20.4. The molecule has 0 atom stereocenters. The molecule has 5 nitrogen and oxygen atoms in total. The average Bonchev–Trinajstić information content (AvgIpc) is 3.49. The highest BCUT2D eigenvalue weighted by Gasteiger charge is 2.32. The van der Waals surface area contributed by atoms with Crippen LogP contribution in [-0.4, -0.2) is 28.1 Å². The number of nitrogens with one attached hydrogen (secondary N) is 1. The monoisotopic (exact) mass is 426 g/mol. The molecule has 1 N–H and O–H groups in total. The molecule has 32 heavy (non-hydrogen) atoms. The van der Waals surface area contributed by atoms with Gasteiger partial charge in [0.1, 0.15) is 6.54 Å². The second-order valence-corrected chi connectivity index (χ2v) is 8.69. The first-order chi connectivity index (χ1) is 15.6. The lowest BCUT2D eigenvalue weighted by atomic mass is 10.0. The first-order valence-corrected chi connectivity index (χ1v) is 11.4. The van der Waals surface area contributed by atoms with Gasteiger partial charge >= 0.3 is 0 Å². The SMILES string of the molecule is CCc1cccc2c(C=C3C(=O)c4ccccc4C3=O)cn(CC(=O)NC3CCCC3)c12. The number of carbonyl (C=O) groups excluding carboxylic acids is 3. The molecule has 2 aliphatic rings. The van der Waals surface area contributed by atoms with Crippen molar-refractivity contribution in [1.82, 2.24) is 9.88 Å². The van der Waals surface area contributed by atoms with E-state index in [1.807, 2.05) is 22.9 Å². The van der Waals surface area contributed by atoms with Crippen molar-refractivity contribution in [2.75, 3.05) is 0 Å². The third-order valence-corrected chi connectivity index (χ3v) is 6.63. The molecule has 0 spiro atoms. The van der Waals surface area contributed by atoms with Crippen molar-refractivity contribution in [3.8, 4) is 0 Å². The second kappa shape index (κ2) is 8.23. The van der Waals surface area contributed by atoms with Gasteiger partial charge in [0.15, 0.2) is 11.6 Å². The fourth-order valence-electron chi connectivity index (χ4n) is 5.05. The Hall–Kier alpha value is -3.47. The van der Waals surface area contributed by atoms with Crippen LogP contribution in [0.3, 0.4) is 0 Å². The molecular formula is C27H26N2O3. The Labute approximate surface area is 187 Å². The zero-order valence-electron chi connectivity index (χ0n) is 18.2. The third-order valence-electron chi connectivity index (χ3n) is 6.63. The molecule has 1 saturated carbocycles. The predicted molar refractivity (Wildman–Crippen MR) is 125 cm³/mol. The molecule has 1 fully saturated rings. The number of hydrogen-bond acceptors (Lipinski definition) is 3. The molecule has 0 radical (unpaired) electrons. The molecule has 0 saturated heterocycles. The maximum atomic E-state index is 12.9. The molecule has 0 bridgehead atoms. The largest absolute Gasteiger partial charge is 0.352 e. The standard InChI is InChI=1S/C27H26N2O3/c1-2-17-8-7-13-20-18(14-23-26(31)21-11-5-6-12-22(21)27(23)32)15-29(25(17)20)16-24(30)28-19-9-3-4-10-19/h5-8,11-15,19H,2-4,9-10,16H2,1H3,(H,28,30). The van der Waals surface area contributed by atoms with E-state index < -0.39 is 0 Å². The topological polar surface area (TPSA) is 68.2 Å². The van der Waals surface area contributed by atoms with Crippen LogP contribution in [0.15, 0.2) is 54.2 Å². The highest BCUT2D eigenvalue weighted by Crippen LogP contribution is 2.32. The Morgan fingerprint density at radius 2 is 1.72 bits per heavy atom. The smallest absolute Gasteiger partial charge is 0.240 e. The van der Waals surface area contributed by atoms with Gasteiger partial charge in [-0.25, -0.2) is 0 Å². The number of nitrogens with zero attached hydrogens (tertiary/aromatic N) is 1. The number of aryl methyl sites for hydroxylation is 1. The van der Waals surface area contributed by atoms with Gasteiger partial charge in [0.25, 0.3) is 0 Å². The summed E-state index contributed by atoms with van der Waals surface area (Å²) in [6.45, 7) is 2.30. The zero-order chi connectivity index (χ0) is 22.2. The number of benzene rings is 2. The van der Waals surface area contributed by atoms with Gasteiger partial charge < -0.3 is 9.88 Å². The molecule has 0 unspecified atom stereocenters. The summed E-state index contributed by atoms with van der Waals surface area (Å²) in [6.07, 6.45) is 8.83. The van der Waals surface area contributed by atoms with Crippen LogP contribution in [0.4, 0.5) is 0 Å². The molecule has 162 valence electrons. The molecule has 2 aliphatic carbocycles. The number of Topliss-reactive ketones (excluding diaryl/α,β-unsaturated/α-hetero) is 2. The van der Waals surface area contributed by atoms with Gasteiger partial charge in [-0.1, -0.05) is 62.2 Å². The minimum Gasteiger partial charge on any atom is -0.352 e. The van der Waals surface area contributed by atoms with E-state index in [4.69, 9.17) is 0 Å². The average molecular weight is 427 g/mol. The minimum absolute atomic E-state index is 0.000617. The van der Waals surface area contributed by atoms with Crippen molar-refractivity contribution >= 4 is 34.5 Å². The highest BCUT2D eigenvalue weighted by molar-refractivity contribution is 6.41. The summed E-state index contributed by atoms with van der Waals surface area (Å²) in [5, 5.41) is 4.10. The van der Waals surface area contributed by atoms with Gasteiger partial charge in [0.2, 0.25) is 5.91 Å². The summed E-state index contributed by atoms with van der Waals surface area (Å²) < 4.78 is 1.96. The molecule has 5 rings (SSSR count). The summed E-state index contributed by atoms with van der Waals surface area (Å²) in [5.74, 6) is -0.478. The van der Waals surface area contributed by atoms with Crippen molar-refractivity contribution in [2.24, 2.45) is 0 Å². The van der Waals surface area contributed by atoms with Crippen molar-refractivity contribution < 1.29 is 14.4 Å². The van der Waals surface area contributed by atoms with Gasteiger partial charge in [0.05, 0.1) is 11.1 Å². The van der Waals surface area contributed by atoms with Gasteiger partial charge in [-0.2, -0.15) is 0 Å². The van der Waals surface area contributed by atoms with Crippen LogP contribution >= 0.6 is 0 Å². The molecule has 0 aliphatic heterocycles. The van der Waals surface area contributed by atoms with E-state index in [9.17, 15) is 14.4 Å². The number of rotatable bonds is 5. The lowest BCUT2D eigenvalue weighted by molar-refractivity contribution is -0.122. The summed E-state index contributed by atoms with van der Waals surface area (Å²) in [5.41, 5.74) is 4.00. The van der Waals surface area contributed by atoms with Gasteiger partial charge in [-0.15, -0.1) is 0 Å². The predicted octanol–water partition coefficient (Wildman–Crippen LogP) is 4.73. The van der Waals surface area contributed by atoms with Gasteiger partial charge in [0, 0.05) is 34.3 Å². The normalized spacial score (nSPS) is 16.1. The van der Waals surface area contributed by atoms with Crippen LogP contribution < -0.4 is 5.32 Å². The Morgan fingerprint density at radius 1 is 1.03 bits per heavy atom. The van der Waals surface area contributed by atoms with Crippen LogP contribution in [0.2, 0.25) is 0 Å². The maximum absolute atomic E-state index is 12.9. The number of hydrogen-bond donors (Lipinski definition) is 1. The Balaban J connectivity index is 1.54. The van der Waals surface area contributed by atoms with Crippen LogP contribution in [0.5, 0.6) is 0 Å². The fourth-order valence-corrected chi connectivity index (χ4v) is 5.05. The minimum atomic E-state index is -0.239. The number of aromatic nitrogens is 1. The fraction of sp³-hybridized carbons (Fsp3) is 0.296. The molecular weight excluding hydrogens is 400 g/mol. The summed E-state index contributed by atoms with van der Waals surface area (Å²) in [7, 11) is 0. The van der Waals surface area contributed by atoms with E-state index in [1.165, 1.54) is 12.8 Å². The summed E-state index contributed by atoms with van der Waals surface area (Å²) in [4.78, 5) is 38.5. The first-order valence-electron chi connectivity index (χ1n) is 11.4. The van der Waals surface area contributed by atoms with E-state index in [0.29, 0.717) is 11.1 Å². The van der Waals surface area contributed by atoms with Crippen LogP contribution in [0, 0.1) is 0 Å². The molecule has 2 aromatic carbocycles. The van der Waals surface area contributed by atoms with E-state index in [-0.39, 0.29) is 35.6 Å². The number of allylic oxidation sites excluding steroid dienone is 1. The van der Waals surface area contributed by atoms with Crippen LogP contribution in [0.25, 0.3) is 17.0 Å². The van der Waals surface area contributed by atoms with E-state index >= 15 is 0 Å². The Bertz CT molecular complexity index is 1240. The number of ketones is 2. The number of amides is 1. The van der Waals surface area contributed by atoms with Gasteiger partial charge in [-0.3, -0.25) is 14.4 Å². The summed E-state index contributed by atoms with van der Waals surface area (Å²) >= 11 is 0. The number of carbonyl (C=O) groups is 3. The van der Waals surface area contributed by atoms with E-state index in [2.05, 4.69) is 18.3 Å².